The number of pyridine rings is 2. The van der Waals surface area contributed by atoms with Crippen molar-refractivity contribution in [3.8, 4) is 11.1 Å². The Bertz CT molecular complexity index is 1690. The molecule has 3 N–H and O–H groups in total. The number of amides is 4. The molecular formula is C29H29ClFN7O3. The van der Waals surface area contributed by atoms with Crippen LogP contribution < -0.4 is 21.5 Å². The largest absolute Gasteiger partial charge is 0.323 e. The van der Waals surface area contributed by atoms with Gasteiger partial charge in [-0.05, 0) is 51.4 Å². The third-order valence-corrected chi connectivity index (χ3v) is 7.35. The highest BCUT2D eigenvalue weighted by Gasteiger charge is 2.32. The van der Waals surface area contributed by atoms with Crippen LogP contribution >= 0.6 is 11.6 Å². The van der Waals surface area contributed by atoms with Gasteiger partial charge in [-0.2, -0.15) is 0 Å². The van der Waals surface area contributed by atoms with Gasteiger partial charge in [-0.1, -0.05) is 29.8 Å². The van der Waals surface area contributed by atoms with Gasteiger partial charge >= 0.3 is 12.1 Å². The van der Waals surface area contributed by atoms with E-state index in [-0.39, 0.29) is 33.4 Å². The van der Waals surface area contributed by atoms with E-state index >= 15 is 0 Å². The highest BCUT2D eigenvalue weighted by Crippen LogP contribution is 2.33. The normalized spacial score (nSPS) is 13.3. The van der Waals surface area contributed by atoms with E-state index < -0.39 is 11.8 Å². The number of halogens is 2. The fourth-order valence-corrected chi connectivity index (χ4v) is 4.89. The maximum Gasteiger partial charge on any atom is 0.323 e. The van der Waals surface area contributed by atoms with Crippen LogP contribution in [0.25, 0.3) is 22.0 Å². The molecule has 4 aromatic rings. The van der Waals surface area contributed by atoms with Crippen LogP contribution in [0.2, 0.25) is 5.02 Å². The van der Waals surface area contributed by atoms with E-state index in [2.05, 4.69) is 25.8 Å². The third-order valence-electron chi connectivity index (χ3n) is 7.04. The van der Waals surface area contributed by atoms with E-state index in [1.165, 1.54) is 10.6 Å². The van der Waals surface area contributed by atoms with Crippen LogP contribution in [0.4, 0.5) is 31.2 Å². The molecule has 0 unspecified atom stereocenters. The molecular weight excluding hydrogens is 549 g/mol. The van der Waals surface area contributed by atoms with Gasteiger partial charge in [-0.25, -0.2) is 19.0 Å². The number of aryl methyl sites for hydroxylation is 1. The number of likely N-dealkylation sites (tertiary alicyclic amines) is 1. The summed E-state index contributed by atoms with van der Waals surface area (Å²) in [5, 5.41) is 8.54. The number of hydrogen-bond donors (Lipinski definition) is 3. The molecule has 0 radical (unpaired) electrons. The van der Waals surface area contributed by atoms with Crippen LogP contribution in [-0.2, 0) is 6.54 Å². The molecule has 0 atom stereocenters. The molecule has 1 saturated heterocycles. The summed E-state index contributed by atoms with van der Waals surface area (Å²) in [4.78, 5) is 46.9. The number of para-hydroxylation sites is 1. The lowest BCUT2D eigenvalue weighted by molar-refractivity contribution is 0.0942. The van der Waals surface area contributed by atoms with Crippen molar-refractivity contribution in [2.75, 3.05) is 43.1 Å². The smallest absolute Gasteiger partial charge is 0.321 e. The standard InChI is InChI=1S/C29H29ClFN7O3/c1-4-38-25-13-26(35-29(41)37-15-19(16-37)36(2)3)32-14-17(25)10-21(27(38)39)20-11-24(23(31)12-22(20)30)34-28(40)33-18-8-6-5-7-9-18/h5-14,19H,4,15-16H2,1-3H3,(H,32,35,41)(H2,33,34,40). The lowest BCUT2D eigenvalue weighted by Gasteiger charge is -2.42. The second-order valence-corrected chi connectivity index (χ2v) is 10.4. The molecule has 10 nitrogen and oxygen atoms in total. The predicted octanol–water partition coefficient (Wildman–Crippen LogP) is 5.30. The number of aromatic nitrogens is 2. The second-order valence-electron chi connectivity index (χ2n) is 9.95. The van der Waals surface area contributed by atoms with Crippen molar-refractivity contribution < 1.29 is 14.0 Å². The van der Waals surface area contributed by atoms with Crippen LogP contribution in [0.1, 0.15) is 6.92 Å². The molecule has 4 amide bonds. The Morgan fingerprint density at radius 1 is 1.05 bits per heavy atom. The van der Waals surface area contributed by atoms with Crippen molar-refractivity contribution in [3.05, 3.63) is 82.0 Å². The number of nitrogens with one attached hydrogen (secondary N) is 3. The van der Waals surface area contributed by atoms with Gasteiger partial charge in [0.15, 0.2) is 0 Å². The van der Waals surface area contributed by atoms with Crippen LogP contribution in [0.3, 0.4) is 0 Å². The first-order chi connectivity index (χ1) is 19.6. The number of carbonyl (C=O) groups excluding carboxylic acids is 2. The maximum atomic E-state index is 14.8. The molecule has 1 aliphatic rings. The molecule has 12 heteroatoms. The Balaban J connectivity index is 1.43. The second kappa shape index (κ2) is 11.6. The first-order valence-corrected chi connectivity index (χ1v) is 13.4. The molecule has 0 bridgehead atoms. The van der Waals surface area contributed by atoms with E-state index in [4.69, 9.17) is 11.6 Å². The Labute approximate surface area is 240 Å². The van der Waals surface area contributed by atoms with E-state index in [1.54, 1.807) is 53.6 Å². The minimum Gasteiger partial charge on any atom is -0.321 e. The Morgan fingerprint density at radius 3 is 2.46 bits per heavy atom. The van der Waals surface area contributed by atoms with Crippen molar-refractivity contribution in [2.45, 2.75) is 19.5 Å². The Morgan fingerprint density at radius 2 is 1.78 bits per heavy atom. The summed E-state index contributed by atoms with van der Waals surface area (Å²) >= 11 is 6.39. The molecule has 0 aliphatic carbocycles. The quantitative estimate of drug-likeness (QED) is 0.288. The summed E-state index contributed by atoms with van der Waals surface area (Å²) < 4.78 is 16.3. The van der Waals surface area contributed by atoms with E-state index in [9.17, 15) is 18.8 Å². The van der Waals surface area contributed by atoms with Gasteiger partial charge in [-0.15, -0.1) is 0 Å². The zero-order valence-electron chi connectivity index (χ0n) is 22.7. The summed E-state index contributed by atoms with van der Waals surface area (Å²) in [6.45, 7) is 3.38. The SMILES string of the molecule is CCn1c(=O)c(-c2cc(NC(=O)Nc3ccccc3)c(F)cc2Cl)cc2cnc(NC(=O)N3CC(N(C)C)C3)cc21. The number of urea groups is 2. The first-order valence-electron chi connectivity index (χ1n) is 13.0. The fourth-order valence-electron chi connectivity index (χ4n) is 4.64. The van der Waals surface area contributed by atoms with Gasteiger partial charge in [0.05, 0.1) is 16.2 Å². The lowest BCUT2D eigenvalue weighted by Crippen LogP contribution is -2.60. The molecule has 212 valence electrons. The number of nitrogens with zero attached hydrogens (tertiary/aromatic N) is 4. The number of likely N-dealkylation sites (N-methyl/N-ethyl adjacent to an activating group) is 1. The molecule has 2 aromatic heterocycles. The Kier molecular flexibility index (Phi) is 7.91. The topological polar surface area (TPSA) is 112 Å². The molecule has 1 fully saturated rings. The van der Waals surface area contributed by atoms with Crippen molar-refractivity contribution in [1.82, 2.24) is 19.4 Å². The van der Waals surface area contributed by atoms with Crippen LogP contribution in [0, 0.1) is 5.82 Å². The van der Waals surface area contributed by atoms with Gasteiger partial charge in [0.25, 0.3) is 5.56 Å². The third kappa shape index (κ3) is 5.86. The average molecular weight is 578 g/mol. The minimum absolute atomic E-state index is 0.0121. The number of anilines is 3. The highest BCUT2D eigenvalue weighted by molar-refractivity contribution is 6.33. The van der Waals surface area contributed by atoms with Crippen molar-refractivity contribution >= 4 is 51.8 Å². The van der Waals surface area contributed by atoms with E-state index in [0.29, 0.717) is 48.1 Å². The van der Waals surface area contributed by atoms with Crippen molar-refractivity contribution in [2.24, 2.45) is 0 Å². The summed E-state index contributed by atoms with van der Waals surface area (Å²) in [6.07, 6.45) is 1.56. The summed E-state index contributed by atoms with van der Waals surface area (Å²) in [6, 6.07) is 13.8. The highest BCUT2D eigenvalue weighted by atomic mass is 35.5. The van der Waals surface area contributed by atoms with Crippen molar-refractivity contribution in [1.29, 1.82) is 0 Å². The van der Waals surface area contributed by atoms with Crippen molar-refractivity contribution in [3.63, 3.8) is 0 Å². The molecule has 41 heavy (non-hydrogen) atoms. The number of hydrogen-bond acceptors (Lipinski definition) is 5. The van der Waals surface area contributed by atoms with Gasteiger partial charge < -0.3 is 25.0 Å². The molecule has 0 spiro atoms. The zero-order chi connectivity index (χ0) is 29.3. The van der Waals surface area contributed by atoms with Crippen LogP contribution in [0.5, 0.6) is 0 Å². The monoisotopic (exact) mass is 577 g/mol. The van der Waals surface area contributed by atoms with Gasteiger partial charge in [0.2, 0.25) is 0 Å². The number of carbonyl (C=O) groups is 2. The molecule has 5 rings (SSSR count). The van der Waals surface area contributed by atoms with E-state index in [0.717, 1.165) is 6.07 Å². The fraction of sp³-hybridized carbons (Fsp3) is 0.241. The lowest BCUT2D eigenvalue weighted by atomic mass is 10.0. The zero-order valence-corrected chi connectivity index (χ0v) is 23.5. The number of rotatable bonds is 6. The first kappa shape index (κ1) is 28.1. The van der Waals surface area contributed by atoms with Crippen LogP contribution in [-0.4, -0.2) is 64.6 Å². The van der Waals surface area contributed by atoms with Gasteiger partial charge in [0.1, 0.15) is 11.6 Å². The molecule has 3 heterocycles. The summed E-state index contributed by atoms with van der Waals surface area (Å²) in [5.74, 6) is -0.430. The molecule has 2 aromatic carbocycles. The average Bonchev–Trinajstić information content (AvgIpc) is 2.89. The van der Waals surface area contributed by atoms with Gasteiger partial charge in [0, 0.05) is 60.1 Å². The Hall–Kier alpha value is -4.48. The predicted molar refractivity (Wildman–Crippen MR) is 159 cm³/mol. The summed E-state index contributed by atoms with van der Waals surface area (Å²) in [7, 11) is 3.95. The molecule has 1 aliphatic heterocycles. The number of fused-ring (bicyclic) bond motifs is 1. The van der Waals surface area contributed by atoms with Gasteiger partial charge in [-0.3, -0.25) is 10.1 Å². The van der Waals surface area contributed by atoms with Crippen LogP contribution in [0.15, 0.2) is 65.6 Å². The minimum atomic E-state index is -0.750. The molecule has 0 saturated carbocycles. The summed E-state index contributed by atoms with van der Waals surface area (Å²) in [5.41, 5.74) is 1.06. The maximum absolute atomic E-state index is 14.8. The number of benzene rings is 2. The van der Waals surface area contributed by atoms with E-state index in [1.807, 2.05) is 21.0 Å².